The zero-order valence-electron chi connectivity index (χ0n) is 19.6. The Morgan fingerprint density at radius 3 is 2.97 bits per heavy atom. The van der Waals surface area contributed by atoms with Gasteiger partial charge in [-0.25, -0.2) is 15.0 Å². The van der Waals surface area contributed by atoms with Gasteiger partial charge in [0.15, 0.2) is 5.82 Å². The molecule has 0 bridgehead atoms. The minimum atomic E-state index is 0.0625. The van der Waals surface area contributed by atoms with Crippen molar-refractivity contribution < 1.29 is 9.53 Å². The Morgan fingerprint density at radius 2 is 2.09 bits per heavy atom. The number of carbonyl (C=O) groups excluding carboxylic acids is 1. The highest BCUT2D eigenvalue weighted by Gasteiger charge is 2.23. The SMILES string of the molecule is Cc1c(N2CCc3cnc(N=C(N)/C=C4/CCN(C)C(=O)CN4)cc3C2)cnc2c1NCCO2. The average Bonchev–Trinajstić information content (AvgIpc) is 3.00. The van der Waals surface area contributed by atoms with Gasteiger partial charge in [0.25, 0.3) is 0 Å². The monoisotopic (exact) mass is 462 g/mol. The fraction of sp³-hybridized carbons (Fsp3) is 0.417. The largest absolute Gasteiger partial charge is 0.474 e. The third-order valence-corrected chi connectivity index (χ3v) is 6.52. The summed E-state index contributed by atoms with van der Waals surface area (Å²) in [5, 5.41) is 6.56. The van der Waals surface area contributed by atoms with Crippen LogP contribution in [0.25, 0.3) is 0 Å². The van der Waals surface area contributed by atoms with Crippen molar-refractivity contribution in [3.63, 3.8) is 0 Å². The number of hydrogen-bond donors (Lipinski definition) is 3. The van der Waals surface area contributed by atoms with Gasteiger partial charge in [-0.05, 0) is 36.6 Å². The van der Waals surface area contributed by atoms with Crippen LogP contribution in [0.15, 0.2) is 35.2 Å². The van der Waals surface area contributed by atoms with E-state index in [1.54, 1.807) is 18.0 Å². The summed E-state index contributed by atoms with van der Waals surface area (Å²) in [6.45, 7) is 6.09. The third kappa shape index (κ3) is 4.48. The first-order chi connectivity index (χ1) is 16.5. The molecule has 1 fully saturated rings. The normalized spacial score (nSPS) is 19.5. The van der Waals surface area contributed by atoms with E-state index < -0.39 is 0 Å². The second kappa shape index (κ2) is 9.20. The number of hydrogen-bond acceptors (Lipinski definition) is 8. The van der Waals surface area contributed by atoms with Gasteiger partial charge < -0.3 is 30.9 Å². The summed E-state index contributed by atoms with van der Waals surface area (Å²) in [6.07, 6.45) is 7.20. The van der Waals surface area contributed by atoms with Crippen molar-refractivity contribution >= 4 is 28.9 Å². The Hall–Kier alpha value is -3.82. The Bertz CT molecular complexity index is 1180. The fourth-order valence-electron chi connectivity index (χ4n) is 4.51. The fourth-order valence-corrected chi connectivity index (χ4v) is 4.51. The molecule has 10 nitrogen and oxygen atoms in total. The minimum Gasteiger partial charge on any atom is -0.474 e. The summed E-state index contributed by atoms with van der Waals surface area (Å²) in [5.41, 5.74) is 12.7. The molecule has 1 amide bonds. The summed E-state index contributed by atoms with van der Waals surface area (Å²) in [6, 6.07) is 2.01. The maximum atomic E-state index is 11.8. The number of carbonyl (C=O) groups is 1. The number of aliphatic imine (C=N–C) groups is 1. The zero-order valence-corrected chi connectivity index (χ0v) is 19.6. The Labute approximate surface area is 198 Å². The van der Waals surface area contributed by atoms with Gasteiger partial charge in [-0.3, -0.25) is 4.79 Å². The molecular weight excluding hydrogens is 432 g/mol. The molecule has 2 aromatic rings. The van der Waals surface area contributed by atoms with E-state index in [-0.39, 0.29) is 12.5 Å². The van der Waals surface area contributed by atoms with Crippen LogP contribution in [0, 0.1) is 6.92 Å². The summed E-state index contributed by atoms with van der Waals surface area (Å²) >= 11 is 0. The molecule has 0 spiro atoms. The van der Waals surface area contributed by atoms with Crippen LogP contribution < -0.4 is 26.0 Å². The van der Waals surface area contributed by atoms with Crippen molar-refractivity contribution in [3.8, 4) is 5.88 Å². The number of anilines is 2. The van der Waals surface area contributed by atoms with Gasteiger partial charge >= 0.3 is 0 Å². The summed E-state index contributed by atoms with van der Waals surface area (Å²) < 4.78 is 5.67. The third-order valence-electron chi connectivity index (χ3n) is 6.52. The predicted molar refractivity (Wildman–Crippen MR) is 132 cm³/mol. The number of amidine groups is 1. The highest BCUT2D eigenvalue weighted by atomic mass is 16.5. The first kappa shape index (κ1) is 22.0. The molecule has 0 unspecified atom stereocenters. The molecule has 0 radical (unpaired) electrons. The zero-order chi connectivity index (χ0) is 23.7. The molecule has 5 heterocycles. The molecule has 0 aliphatic carbocycles. The van der Waals surface area contributed by atoms with E-state index in [4.69, 9.17) is 10.5 Å². The molecule has 3 aliphatic rings. The number of amides is 1. The van der Waals surface area contributed by atoms with Crippen molar-refractivity contribution in [2.75, 3.05) is 50.1 Å². The predicted octanol–water partition coefficient (Wildman–Crippen LogP) is 1.48. The molecule has 5 rings (SSSR count). The van der Waals surface area contributed by atoms with Gasteiger partial charge in [-0.15, -0.1) is 0 Å². The Kier molecular flexibility index (Phi) is 5.95. The molecular formula is C24H30N8O2. The number of likely N-dealkylation sites (N-methyl/N-ethyl adjacent to an activating group) is 1. The van der Waals surface area contributed by atoms with Crippen LogP contribution in [0.2, 0.25) is 0 Å². The van der Waals surface area contributed by atoms with Gasteiger partial charge in [-0.1, -0.05) is 0 Å². The van der Waals surface area contributed by atoms with Crippen LogP contribution in [0.5, 0.6) is 5.88 Å². The molecule has 1 saturated heterocycles. The molecule has 34 heavy (non-hydrogen) atoms. The van der Waals surface area contributed by atoms with Gasteiger partial charge in [0, 0.05) is 57.1 Å². The molecule has 0 aromatic carbocycles. The average molecular weight is 463 g/mol. The van der Waals surface area contributed by atoms with Crippen LogP contribution in [0.4, 0.5) is 17.2 Å². The quantitative estimate of drug-likeness (QED) is 0.463. The molecule has 178 valence electrons. The van der Waals surface area contributed by atoms with Crippen LogP contribution in [-0.4, -0.2) is 66.4 Å². The molecule has 2 aromatic heterocycles. The number of rotatable bonds is 3. The number of nitrogens with zero attached hydrogens (tertiary/aromatic N) is 5. The molecule has 4 N–H and O–H groups in total. The van der Waals surface area contributed by atoms with Crippen molar-refractivity contribution in [1.29, 1.82) is 0 Å². The maximum absolute atomic E-state index is 11.8. The van der Waals surface area contributed by atoms with E-state index in [1.165, 1.54) is 11.1 Å². The van der Waals surface area contributed by atoms with Crippen LogP contribution >= 0.6 is 0 Å². The number of ether oxygens (including phenoxy) is 1. The smallest absolute Gasteiger partial charge is 0.241 e. The lowest BCUT2D eigenvalue weighted by atomic mass is 10.0. The van der Waals surface area contributed by atoms with E-state index in [0.29, 0.717) is 37.1 Å². The molecule has 10 heteroatoms. The minimum absolute atomic E-state index is 0.0625. The number of aromatic nitrogens is 2. The first-order valence-electron chi connectivity index (χ1n) is 11.6. The van der Waals surface area contributed by atoms with E-state index in [9.17, 15) is 4.79 Å². The lowest BCUT2D eigenvalue weighted by Crippen LogP contribution is -2.31. The van der Waals surface area contributed by atoms with Crippen LogP contribution in [0.3, 0.4) is 0 Å². The maximum Gasteiger partial charge on any atom is 0.241 e. The lowest BCUT2D eigenvalue weighted by molar-refractivity contribution is -0.128. The van der Waals surface area contributed by atoms with Gasteiger partial charge in [0.05, 0.1) is 18.4 Å². The topological polar surface area (TPSA) is 121 Å². The number of nitrogens with one attached hydrogen (secondary N) is 2. The Morgan fingerprint density at radius 1 is 1.21 bits per heavy atom. The standard InChI is InChI=1S/C24H30N8O2/c1-15-19(12-29-24-23(15)26-5-8-34-24)32-7-3-16-11-28-21(9-17(16)14-32)30-20(25)10-18-4-6-31(2)22(33)13-27-18/h9-12,26-27H,3-8,13-14H2,1-2H3,(H2,25,28,30)/b18-10-. The second-order valence-electron chi connectivity index (χ2n) is 8.83. The summed E-state index contributed by atoms with van der Waals surface area (Å²) in [5.74, 6) is 1.68. The number of pyridine rings is 2. The van der Waals surface area contributed by atoms with E-state index in [0.717, 1.165) is 48.7 Å². The van der Waals surface area contributed by atoms with E-state index in [2.05, 4.69) is 37.4 Å². The number of nitrogens with two attached hydrogens (primary N) is 1. The van der Waals surface area contributed by atoms with E-state index >= 15 is 0 Å². The van der Waals surface area contributed by atoms with Crippen molar-refractivity contribution in [1.82, 2.24) is 20.2 Å². The van der Waals surface area contributed by atoms with Crippen LogP contribution in [-0.2, 0) is 17.8 Å². The Balaban J connectivity index is 1.34. The van der Waals surface area contributed by atoms with Crippen molar-refractivity contribution in [2.24, 2.45) is 10.7 Å². The van der Waals surface area contributed by atoms with Crippen molar-refractivity contribution in [3.05, 3.63) is 46.9 Å². The summed E-state index contributed by atoms with van der Waals surface area (Å²) in [4.78, 5) is 29.4. The van der Waals surface area contributed by atoms with Crippen LogP contribution in [0.1, 0.15) is 23.1 Å². The summed E-state index contributed by atoms with van der Waals surface area (Å²) in [7, 11) is 1.80. The molecule has 0 atom stereocenters. The second-order valence-corrected chi connectivity index (χ2v) is 8.83. The van der Waals surface area contributed by atoms with E-state index in [1.807, 2.05) is 18.5 Å². The number of fused-ring (bicyclic) bond motifs is 2. The molecule has 0 saturated carbocycles. The lowest BCUT2D eigenvalue weighted by Gasteiger charge is -2.33. The first-order valence-corrected chi connectivity index (χ1v) is 11.6. The highest BCUT2D eigenvalue weighted by molar-refractivity contribution is 5.93. The van der Waals surface area contributed by atoms with Crippen molar-refractivity contribution in [2.45, 2.75) is 26.3 Å². The molecule has 3 aliphatic heterocycles. The van der Waals surface area contributed by atoms with Gasteiger partial charge in [0.1, 0.15) is 18.1 Å². The highest BCUT2D eigenvalue weighted by Crippen LogP contribution is 2.36. The van der Waals surface area contributed by atoms with Gasteiger partial charge in [0.2, 0.25) is 11.8 Å². The van der Waals surface area contributed by atoms with Gasteiger partial charge in [-0.2, -0.15) is 0 Å².